The molecule has 4 N–H and O–H groups in total. The summed E-state index contributed by atoms with van der Waals surface area (Å²) in [5, 5.41) is 24.2. The Morgan fingerprint density at radius 3 is 2.23 bits per heavy atom. The van der Waals surface area contributed by atoms with Crippen LogP contribution in [0.5, 0.6) is 11.5 Å². The molecule has 0 saturated carbocycles. The second kappa shape index (κ2) is 6.85. The van der Waals surface area contributed by atoms with Gasteiger partial charge in [0.05, 0.1) is 6.04 Å². The molecule has 1 unspecified atom stereocenters. The van der Waals surface area contributed by atoms with E-state index in [0.29, 0.717) is 5.69 Å². The van der Waals surface area contributed by atoms with Crippen LogP contribution in [0.3, 0.4) is 0 Å². The number of hydrogen-bond donors (Lipinski definition) is 4. The Labute approximate surface area is 129 Å². The van der Waals surface area contributed by atoms with Crippen LogP contribution in [0, 0.1) is 0 Å². The van der Waals surface area contributed by atoms with Crippen molar-refractivity contribution in [3.8, 4) is 11.5 Å². The number of benzene rings is 2. The molecule has 0 bridgehead atoms. The van der Waals surface area contributed by atoms with Gasteiger partial charge in [0.2, 0.25) is 0 Å². The van der Waals surface area contributed by atoms with Crippen LogP contribution >= 0.6 is 0 Å². The molecule has 5 heteroatoms. The Kier molecular flexibility index (Phi) is 4.88. The van der Waals surface area contributed by atoms with Crippen LogP contribution in [0.1, 0.15) is 31.0 Å². The maximum absolute atomic E-state index is 12.0. The van der Waals surface area contributed by atoms with Crippen molar-refractivity contribution in [3.05, 3.63) is 53.6 Å². The van der Waals surface area contributed by atoms with Crippen LogP contribution in [0.15, 0.2) is 42.5 Å². The molecule has 0 spiro atoms. The molecule has 0 aliphatic rings. The number of phenolic OH excluding ortho intramolecular Hbond substituents is 2. The first-order valence-corrected chi connectivity index (χ1v) is 7.17. The smallest absolute Gasteiger partial charge is 0.319 e. The van der Waals surface area contributed by atoms with Crippen molar-refractivity contribution in [3.63, 3.8) is 0 Å². The molecule has 0 aromatic heterocycles. The van der Waals surface area contributed by atoms with Crippen LogP contribution in [-0.2, 0) is 6.42 Å². The summed E-state index contributed by atoms with van der Waals surface area (Å²) < 4.78 is 0. The maximum Gasteiger partial charge on any atom is 0.319 e. The van der Waals surface area contributed by atoms with Crippen molar-refractivity contribution >= 4 is 11.7 Å². The van der Waals surface area contributed by atoms with Gasteiger partial charge < -0.3 is 20.8 Å². The van der Waals surface area contributed by atoms with Gasteiger partial charge in [-0.15, -0.1) is 0 Å². The van der Waals surface area contributed by atoms with Gasteiger partial charge in [0.1, 0.15) is 11.5 Å². The molecule has 2 rings (SSSR count). The highest BCUT2D eigenvalue weighted by Gasteiger charge is 2.10. The molecule has 2 aromatic carbocycles. The molecule has 2 amide bonds. The van der Waals surface area contributed by atoms with Crippen molar-refractivity contribution in [2.75, 3.05) is 5.32 Å². The number of anilines is 1. The molecule has 0 saturated heterocycles. The van der Waals surface area contributed by atoms with Crippen molar-refractivity contribution in [1.82, 2.24) is 5.32 Å². The highest BCUT2D eigenvalue weighted by Crippen LogP contribution is 2.24. The molecule has 0 aliphatic heterocycles. The third-order valence-electron chi connectivity index (χ3n) is 3.40. The minimum absolute atomic E-state index is 0.112. The van der Waals surface area contributed by atoms with Gasteiger partial charge in [-0.1, -0.05) is 31.2 Å². The number of rotatable bonds is 4. The number of aryl methyl sites for hydroxylation is 1. The first-order chi connectivity index (χ1) is 10.5. The lowest BCUT2D eigenvalue weighted by Gasteiger charge is -2.15. The van der Waals surface area contributed by atoms with Crippen LogP contribution in [0.25, 0.3) is 0 Å². The quantitative estimate of drug-likeness (QED) is 0.697. The Morgan fingerprint density at radius 1 is 1.09 bits per heavy atom. The lowest BCUT2D eigenvalue weighted by molar-refractivity contribution is 0.249. The SMILES string of the molecule is CCc1ccc(C(C)NC(=O)Nc2cc(O)cc(O)c2)cc1. The predicted molar refractivity (Wildman–Crippen MR) is 86.2 cm³/mol. The van der Waals surface area contributed by atoms with E-state index in [0.717, 1.165) is 12.0 Å². The van der Waals surface area contributed by atoms with Gasteiger partial charge in [0.25, 0.3) is 0 Å². The van der Waals surface area contributed by atoms with Gasteiger partial charge in [-0.3, -0.25) is 0 Å². The zero-order valence-electron chi connectivity index (χ0n) is 12.6. The predicted octanol–water partition coefficient (Wildman–Crippen LogP) is 3.54. The second-order valence-electron chi connectivity index (χ2n) is 5.15. The molecule has 1 atom stereocenters. The summed E-state index contributed by atoms with van der Waals surface area (Å²) in [6.45, 7) is 3.98. The Morgan fingerprint density at radius 2 is 1.68 bits per heavy atom. The molecule has 116 valence electrons. The molecule has 0 heterocycles. The summed E-state index contributed by atoms with van der Waals surface area (Å²) in [5.74, 6) is -0.225. The third-order valence-corrected chi connectivity index (χ3v) is 3.40. The zero-order valence-corrected chi connectivity index (χ0v) is 12.6. The third kappa shape index (κ3) is 4.15. The first-order valence-electron chi connectivity index (χ1n) is 7.17. The molecule has 22 heavy (non-hydrogen) atoms. The molecule has 0 radical (unpaired) electrons. The monoisotopic (exact) mass is 300 g/mol. The summed E-state index contributed by atoms with van der Waals surface area (Å²) >= 11 is 0. The van der Waals surface area contributed by atoms with E-state index in [1.54, 1.807) is 0 Å². The fraction of sp³-hybridized carbons (Fsp3) is 0.235. The Hall–Kier alpha value is -2.69. The van der Waals surface area contributed by atoms with Crippen molar-refractivity contribution < 1.29 is 15.0 Å². The van der Waals surface area contributed by atoms with E-state index in [2.05, 4.69) is 17.6 Å². The minimum atomic E-state index is -0.405. The number of carbonyl (C=O) groups excluding carboxylic acids is 1. The Balaban J connectivity index is 1.98. The molecule has 5 nitrogen and oxygen atoms in total. The fourth-order valence-corrected chi connectivity index (χ4v) is 2.16. The van der Waals surface area contributed by atoms with E-state index in [1.165, 1.54) is 23.8 Å². The first kappa shape index (κ1) is 15.7. The van der Waals surface area contributed by atoms with E-state index in [-0.39, 0.29) is 17.5 Å². The summed E-state index contributed by atoms with van der Waals surface area (Å²) in [6.07, 6.45) is 0.976. The molecular formula is C17H20N2O3. The largest absolute Gasteiger partial charge is 0.508 e. The minimum Gasteiger partial charge on any atom is -0.508 e. The van der Waals surface area contributed by atoms with Crippen LogP contribution in [-0.4, -0.2) is 16.2 Å². The van der Waals surface area contributed by atoms with Crippen molar-refractivity contribution in [2.24, 2.45) is 0 Å². The van der Waals surface area contributed by atoms with Crippen molar-refractivity contribution in [1.29, 1.82) is 0 Å². The number of aromatic hydroxyl groups is 2. The number of nitrogens with one attached hydrogen (secondary N) is 2. The fourth-order valence-electron chi connectivity index (χ4n) is 2.16. The highest BCUT2D eigenvalue weighted by molar-refractivity contribution is 5.90. The summed E-state index contributed by atoms with van der Waals surface area (Å²) in [4.78, 5) is 12.0. The summed E-state index contributed by atoms with van der Waals surface area (Å²) in [5.41, 5.74) is 2.57. The molecule has 2 aromatic rings. The van der Waals surface area contributed by atoms with E-state index < -0.39 is 6.03 Å². The molecule has 0 fully saturated rings. The average molecular weight is 300 g/mol. The van der Waals surface area contributed by atoms with Gasteiger partial charge in [-0.05, 0) is 24.5 Å². The summed E-state index contributed by atoms with van der Waals surface area (Å²) in [6, 6.07) is 11.4. The van der Waals surface area contributed by atoms with E-state index in [9.17, 15) is 15.0 Å². The molecule has 0 aliphatic carbocycles. The Bertz CT molecular complexity index is 633. The standard InChI is InChI=1S/C17H20N2O3/c1-3-12-4-6-13(7-5-12)11(2)18-17(22)19-14-8-15(20)10-16(21)9-14/h4-11,20-21H,3H2,1-2H3,(H2,18,19,22). The zero-order chi connectivity index (χ0) is 16.1. The van der Waals surface area contributed by atoms with Gasteiger partial charge >= 0.3 is 6.03 Å². The lowest BCUT2D eigenvalue weighted by Crippen LogP contribution is -2.31. The number of hydrogen-bond acceptors (Lipinski definition) is 3. The van der Waals surface area contributed by atoms with E-state index in [4.69, 9.17) is 0 Å². The van der Waals surface area contributed by atoms with Gasteiger partial charge in [0.15, 0.2) is 0 Å². The average Bonchev–Trinajstić information content (AvgIpc) is 2.46. The normalized spacial score (nSPS) is 11.7. The van der Waals surface area contributed by atoms with Crippen LogP contribution < -0.4 is 10.6 Å². The van der Waals surface area contributed by atoms with Crippen LogP contribution in [0.2, 0.25) is 0 Å². The second-order valence-corrected chi connectivity index (χ2v) is 5.15. The molecular weight excluding hydrogens is 280 g/mol. The van der Waals surface area contributed by atoms with Crippen LogP contribution in [0.4, 0.5) is 10.5 Å². The van der Waals surface area contributed by atoms with Gasteiger partial charge in [-0.25, -0.2) is 4.79 Å². The van der Waals surface area contributed by atoms with Gasteiger partial charge in [0, 0.05) is 23.9 Å². The van der Waals surface area contributed by atoms with E-state index in [1.807, 2.05) is 31.2 Å². The highest BCUT2D eigenvalue weighted by atomic mass is 16.3. The topological polar surface area (TPSA) is 81.6 Å². The number of phenols is 2. The number of urea groups is 1. The lowest BCUT2D eigenvalue weighted by atomic mass is 10.1. The van der Waals surface area contributed by atoms with Gasteiger partial charge in [-0.2, -0.15) is 0 Å². The van der Waals surface area contributed by atoms with E-state index >= 15 is 0 Å². The maximum atomic E-state index is 12.0. The number of carbonyl (C=O) groups is 1. The summed E-state index contributed by atoms with van der Waals surface area (Å²) in [7, 11) is 0. The number of amides is 2. The van der Waals surface area contributed by atoms with Crippen molar-refractivity contribution in [2.45, 2.75) is 26.3 Å².